The molecule has 0 aliphatic carbocycles. The predicted octanol–water partition coefficient (Wildman–Crippen LogP) is 3.61. The summed E-state index contributed by atoms with van der Waals surface area (Å²) in [6, 6.07) is 8.93. The van der Waals surface area contributed by atoms with Crippen molar-refractivity contribution < 1.29 is 9.21 Å². The summed E-state index contributed by atoms with van der Waals surface area (Å²) in [5.41, 5.74) is 1.75. The van der Waals surface area contributed by atoms with Gasteiger partial charge in [-0.1, -0.05) is 6.92 Å². The third-order valence-corrected chi connectivity index (χ3v) is 4.34. The minimum Gasteiger partial charge on any atom is -0.408 e. The standard InChI is InChI=1S/C16H15NO3S/c1-3-8-17-12-6-5-11(9-13(12)20-16(17)19)15(18)14-7-4-10(2)21-14/h4-7,9H,3,8H2,1-2H3. The van der Waals surface area contributed by atoms with E-state index in [2.05, 4.69) is 0 Å². The molecule has 0 fully saturated rings. The van der Waals surface area contributed by atoms with Gasteiger partial charge in [0.1, 0.15) is 0 Å². The first-order valence-electron chi connectivity index (χ1n) is 6.84. The number of hydrogen-bond acceptors (Lipinski definition) is 4. The number of aryl methyl sites for hydroxylation is 2. The molecule has 0 bridgehead atoms. The van der Waals surface area contributed by atoms with Crippen molar-refractivity contribution in [3.8, 4) is 0 Å². The topological polar surface area (TPSA) is 52.2 Å². The Balaban J connectivity index is 2.06. The summed E-state index contributed by atoms with van der Waals surface area (Å²) in [5, 5.41) is 0. The van der Waals surface area contributed by atoms with Gasteiger partial charge in [-0.25, -0.2) is 4.79 Å². The second kappa shape index (κ2) is 5.33. The third kappa shape index (κ3) is 2.45. The Morgan fingerprint density at radius 2 is 2.10 bits per heavy atom. The van der Waals surface area contributed by atoms with Crippen molar-refractivity contribution in [3.05, 3.63) is 56.2 Å². The van der Waals surface area contributed by atoms with Gasteiger partial charge in [0.15, 0.2) is 5.58 Å². The van der Waals surface area contributed by atoms with Crippen LogP contribution in [-0.4, -0.2) is 10.4 Å². The first kappa shape index (κ1) is 13.8. The van der Waals surface area contributed by atoms with Gasteiger partial charge in [0.05, 0.1) is 10.4 Å². The van der Waals surface area contributed by atoms with E-state index in [1.165, 1.54) is 11.3 Å². The second-order valence-corrected chi connectivity index (χ2v) is 6.23. The van der Waals surface area contributed by atoms with Crippen LogP contribution >= 0.6 is 11.3 Å². The second-order valence-electron chi connectivity index (χ2n) is 4.94. The van der Waals surface area contributed by atoms with Crippen LogP contribution in [0.2, 0.25) is 0 Å². The summed E-state index contributed by atoms with van der Waals surface area (Å²) in [7, 11) is 0. The molecule has 1 aromatic carbocycles. The van der Waals surface area contributed by atoms with Crippen molar-refractivity contribution in [3.63, 3.8) is 0 Å². The summed E-state index contributed by atoms with van der Waals surface area (Å²) >= 11 is 1.47. The summed E-state index contributed by atoms with van der Waals surface area (Å²) in [6.45, 7) is 4.58. The number of oxazole rings is 1. The van der Waals surface area contributed by atoms with Crippen molar-refractivity contribution >= 4 is 28.2 Å². The highest BCUT2D eigenvalue weighted by atomic mass is 32.1. The highest BCUT2D eigenvalue weighted by Gasteiger charge is 2.15. The van der Waals surface area contributed by atoms with Crippen molar-refractivity contribution in [2.75, 3.05) is 0 Å². The van der Waals surface area contributed by atoms with Gasteiger partial charge in [0.2, 0.25) is 5.78 Å². The first-order chi connectivity index (χ1) is 10.1. The molecule has 5 heteroatoms. The molecule has 4 nitrogen and oxygen atoms in total. The van der Waals surface area contributed by atoms with E-state index in [1.54, 1.807) is 22.8 Å². The van der Waals surface area contributed by atoms with Crippen LogP contribution in [0.25, 0.3) is 11.1 Å². The number of nitrogens with zero attached hydrogens (tertiary/aromatic N) is 1. The van der Waals surface area contributed by atoms with Gasteiger partial charge in [-0.2, -0.15) is 0 Å². The maximum Gasteiger partial charge on any atom is 0.419 e. The molecule has 0 N–H and O–H groups in total. The van der Waals surface area contributed by atoms with Crippen molar-refractivity contribution in [2.24, 2.45) is 0 Å². The molecule has 0 aliphatic heterocycles. The average molecular weight is 301 g/mol. The monoisotopic (exact) mass is 301 g/mol. The van der Waals surface area contributed by atoms with E-state index < -0.39 is 0 Å². The zero-order valence-corrected chi connectivity index (χ0v) is 12.7. The van der Waals surface area contributed by atoms with Gasteiger partial charge >= 0.3 is 5.76 Å². The maximum atomic E-state index is 12.4. The Kier molecular flexibility index (Phi) is 3.51. The fraction of sp³-hybridized carbons (Fsp3) is 0.250. The molecule has 0 amide bonds. The first-order valence-corrected chi connectivity index (χ1v) is 7.66. The molecule has 0 saturated heterocycles. The minimum atomic E-state index is -0.372. The van der Waals surface area contributed by atoms with Gasteiger partial charge in [-0.3, -0.25) is 9.36 Å². The van der Waals surface area contributed by atoms with Gasteiger partial charge in [0, 0.05) is 17.0 Å². The van der Waals surface area contributed by atoms with Crippen LogP contribution in [0.15, 0.2) is 39.5 Å². The number of rotatable bonds is 4. The molecule has 21 heavy (non-hydrogen) atoms. The summed E-state index contributed by atoms with van der Waals surface area (Å²) in [6.07, 6.45) is 0.851. The molecule has 0 radical (unpaired) electrons. The van der Waals surface area contributed by atoms with E-state index in [-0.39, 0.29) is 11.5 Å². The van der Waals surface area contributed by atoms with Crippen molar-refractivity contribution in [2.45, 2.75) is 26.8 Å². The Hall–Kier alpha value is -2.14. The van der Waals surface area contributed by atoms with Crippen LogP contribution < -0.4 is 5.76 Å². The maximum absolute atomic E-state index is 12.4. The van der Waals surface area contributed by atoms with Crippen LogP contribution in [0, 0.1) is 6.92 Å². The van der Waals surface area contributed by atoms with E-state index in [4.69, 9.17) is 4.42 Å². The third-order valence-electron chi connectivity index (χ3n) is 3.34. The Bertz CT molecular complexity index is 869. The lowest BCUT2D eigenvalue weighted by Crippen LogP contribution is -2.13. The molecule has 0 aliphatic rings. The lowest BCUT2D eigenvalue weighted by atomic mass is 10.1. The van der Waals surface area contributed by atoms with Crippen LogP contribution in [-0.2, 0) is 6.54 Å². The molecule has 3 aromatic rings. The van der Waals surface area contributed by atoms with E-state index in [1.807, 2.05) is 26.0 Å². The van der Waals surface area contributed by atoms with E-state index in [0.29, 0.717) is 22.6 Å². The molecule has 0 saturated carbocycles. The Labute approximate surface area is 125 Å². The highest BCUT2D eigenvalue weighted by Crippen LogP contribution is 2.22. The molecule has 108 valence electrons. The summed E-state index contributed by atoms with van der Waals surface area (Å²) < 4.78 is 6.84. The van der Waals surface area contributed by atoms with Gasteiger partial charge in [-0.05, 0) is 43.7 Å². The number of carbonyl (C=O) groups is 1. The number of benzene rings is 1. The summed E-state index contributed by atoms with van der Waals surface area (Å²) in [4.78, 5) is 26.0. The fourth-order valence-electron chi connectivity index (χ4n) is 2.34. The van der Waals surface area contributed by atoms with Crippen LogP contribution in [0.4, 0.5) is 0 Å². The van der Waals surface area contributed by atoms with Crippen LogP contribution in [0.3, 0.4) is 0 Å². The van der Waals surface area contributed by atoms with Crippen molar-refractivity contribution in [1.82, 2.24) is 4.57 Å². The Morgan fingerprint density at radius 1 is 1.29 bits per heavy atom. The normalized spacial score (nSPS) is 11.1. The number of aromatic nitrogens is 1. The highest BCUT2D eigenvalue weighted by molar-refractivity contribution is 7.14. The molecule has 0 unspecified atom stereocenters. The SMILES string of the molecule is CCCn1c(=O)oc2cc(C(=O)c3ccc(C)s3)ccc21. The van der Waals surface area contributed by atoms with E-state index >= 15 is 0 Å². The number of thiophene rings is 1. The molecule has 0 spiro atoms. The van der Waals surface area contributed by atoms with Crippen LogP contribution in [0.1, 0.15) is 33.5 Å². The van der Waals surface area contributed by atoms with Crippen molar-refractivity contribution in [1.29, 1.82) is 0 Å². The zero-order valence-electron chi connectivity index (χ0n) is 11.9. The number of ketones is 1. The van der Waals surface area contributed by atoms with Gasteiger partial charge in [0.25, 0.3) is 0 Å². The van der Waals surface area contributed by atoms with Gasteiger partial charge < -0.3 is 4.42 Å². The lowest BCUT2D eigenvalue weighted by molar-refractivity contribution is 0.104. The fourth-order valence-corrected chi connectivity index (χ4v) is 3.17. The van der Waals surface area contributed by atoms with E-state index in [9.17, 15) is 9.59 Å². The molecular weight excluding hydrogens is 286 g/mol. The lowest BCUT2D eigenvalue weighted by Gasteiger charge is -2.00. The van der Waals surface area contributed by atoms with Gasteiger partial charge in [-0.15, -0.1) is 11.3 Å². The number of fused-ring (bicyclic) bond motifs is 1. The molecule has 0 atom stereocenters. The van der Waals surface area contributed by atoms with Crippen LogP contribution in [0.5, 0.6) is 0 Å². The number of hydrogen-bond donors (Lipinski definition) is 0. The largest absolute Gasteiger partial charge is 0.419 e. The quantitative estimate of drug-likeness (QED) is 0.692. The molecular formula is C16H15NO3S. The smallest absolute Gasteiger partial charge is 0.408 e. The molecule has 2 heterocycles. The summed E-state index contributed by atoms with van der Waals surface area (Å²) in [5.74, 6) is -0.413. The molecule has 3 rings (SSSR count). The molecule has 2 aromatic heterocycles. The predicted molar refractivity (Wildman–Crippen MR) is 83.3 cm³/mol. The minimum absolute atomic E-state index is 0.0408. The number of carbonyl (C=O) groups excluding carboxylic acids is 1. The van der Waals surface area contributed by atoms with E-state index in [0.717, 1.165) is 16.8 Å². The Morgan fingerprint density at radius 3 is 2.76 bits per heavy atom. The zero-order chi connectivity index (χ0) is 15.0. The average Bonchev–Trinajstić information content (AvgIpc) is 3.02.